The predicted molar refractivity (Wildman–Crippen MR) is 74.7 cm³/mol. The van der Waals surface area contributed by atoms with Crippen LogP contribution in [-0.2, 0) is 0 Å². The summed E-state index contributed by atoms with van der Waals surface area (Å²) in [6, 6.07) is 5.23. The number of nitrogen functional groups attached to an aromatic ring is 1. The van der Waals surface area contributed by atoms with Gasteiger partial charge >= 0.3 is 0 Å². The van der Waals surface area contributed by atoms with Gasteiger partial charge in [-0.25, -0.2) is 0 Å². The molecule has 0 fully saturated rings. The van der Waals surface area contributed by atoms with Crippen LogP contribution in [0.15, 0.2) is 33.4 Å². The summed E-state index contributed by atoms with van der Waals surface area (Å²) in [5.41, 5.74) is 8.57. The quantitative estimate of drug-likeness (QED) is 0.834. The molecule has 0 saturated heterocycles. The number of halogens is 1. The molecule has 0 aliphatic carbocycles. The molecule has 0 spiro atoms. The first-order valence-electron chi connectivity index (χ1n) is 5.40. The third kappa shape index (κ3) is 2.41. The molecule has 3 N–H and O–H groups in total. The van der Waals surface area contributed by atoms with Gasteiger partial charge in [0, 0.05) is 10.2 Å². The summed E-state index contributed by atoms with van der Waals surface area (Å²) < 4.78 is 5.89. The van der Waals surface area contributed by atoms with E-state index in [-0.39, 0.29) is 5.91 Å². The fourth-order valence-electron chi connectivity index (χ4n) is 1.60. The molecule has 1 heterocycles. The summed E-state index contributed by atoms with van der Waals surface area (Å²) in [7, 11) is 0. The number of nitrogens with two attached hydrogens (primary N) is 1. The Morgan fingerprint density at radius 2 is 2.11 bits per heavy atom. The van der Waals surface area contributed by atoms with Crippen molar-refractivity contribution in [3.8, 4) is 0 Å². The van der Waals surface area contributed by atoms with Gasteiger partial charge in [-0.15, -0.1) is 0 Å². The highest BCUT2D eigenvalue weighted by molar-refractivity contribution is 9.10. The van der Waals surface area contributed by atoms with Gasteiger partial charge in [0.1, 0.15) is 5.76 Å². The molecule has 2 aromatic rings. The molecule has 0 radical (unpaired) electrons. The van der Waals surface area contributed by atoms with Crippen LogP contribution in [0.3, 0.4) is 0 Å². The number of hydrogen-bond acceptors (Lipinski definition) is 3. The van der Waals surface area contributed by atoms with E-state index in [1.807, 2.05) is 13.0 Å². The molecule has 5 heteroatoms. The van der Waals surface area contributed by atoms with Crippen molar-refractivity contribution in [3.63, 3.8) is 0 Å². The zero-order valence-electron chi connectivity index (χ0n) is 10.1. The third-order valence-electron chi connectivity index (χ3n) is 2.71. The molecular formula is C13H13BrN2O2. The zero-order chi connectivity index (χ0) is 13.3. The maximum absolute atomic E-state index is 12.0. The maximum atomic E-state index is 12.0. The Balaban J connectivity index is 2.28. The lowest BCUT2D eigenvalue weighted by Gasteiger charge is -2.09. The number of carbonyl (C=O) groups excluding carboxylic acids is 1. The average molecular weight is 309 g/mol. The molecule has 0 aliphatic heterocycles. The molecule has 1 aromatic carbocycles. The van der Waals surface area contributed by atoms with Crippen LogP contribution in [0.5, 0.6) is 0 Å². The second-order valence-corrected chi connectivity index (χ2v) is 4.89. The molecular weight excluding hydrogens is 296 g/mol. The van der Waals surface area contributed by atoms with E-state index in [0.29, 0.717) is 22.7 Å². The maximum Gasteiger partial charge on any atom is 0.259 e. The van der Waals surface area contributed by atoms with E-state index in [1.54, 1.807) is 19.1 Å². The second-order valence-electron chi connectivity index (χ2n) is 4.03. The van der Waals surface area contributed by atoms with Crippen LogP contribution in [0, 0.1) is 13.8 Å². The van der Waals surface area contributed by atoms with Gasteiger partial charge in [0.05, 0.1) is 17.5 Å². The van der Waals surface area contributed by atoms with Gasteiger partial charge in [-0.2, -0.15) is 0 Å². The molecule has 0 bridgehead atoms. The Bertz CT molecular complexity index is 605. The first-order chi connectivity index (χ1) is 8.49. The highest BCUT2D eigenvalue weighted by Gasteiger charge is 2.13. The lowest BCUT2D eigenvalue weighted by atomic mass is 10.1. The molecule has 1 aromatic heterocycles. The number of amides is 1. The fraction of sp³-hybridized carbons (Fsp3) is 0.154. The van der Waals surface area contributed by atoms with Gasteiger partial charge in [-0.05, 0) is 53.5 Å². The molecule has 18 heavy (non-hydrogen) atoms. The highest BCUT2D eigenvalue weighted by Crippen LogP contribution is 2.28. The lowest BCUT2D eigenvalue weighted by molar-refractivity contribution is 0.102. The Labute approximate surface area is 113 Å². The van der Waals surface area contributed by atoms with E-state index in [1.165, 1.54) is 6.26 Å². The van der Waals surface area contributed by atoms with Crippen molar-refractivity contribution in [1.82, 2.24) is 0 Å². The van der Waals surface area contributed by atoms with Gasteiger partial charge in [0.2, 0.25) is 0 Å². The summed E-state index contributed by atoms with van der Waals surface area (Å²) in [4.78, 5) is 12.0. The minimum atomic E-state index is -0.217. The van der Waals surface area contributed by atoms with Crippen LogP contribution >= 0.6 is 15.9 Å². The zero-order valence-corrected chi connectivity index (χ0v) is 11.7. The number of hydrogen-bond donors (Lipinski definition) is 2. The summed E-state index contributed by atoms with van der Waals surface area (Å²) in [5.74, 6) is 0.369. The highest BCUT2D eigenvalue weighted by atomic mass is 79.9. The number of anilines is 2. The molecule has 0 saturated carbocycles. The van der Waals surface area contributed by atoms with Gasteiger partial charge in [-0.1, -0.05) is 0 Å². The Morgan fingerprint density at radius 3 is 2.72 bits per heavy atom. The van der Waals surface area contributed by atoms with Crippen LogP contribution < -0.4 is 11.1 Å². The normalized spacial score (nSPS) is 10.4. The van der Waals surface area contributed by atoms with E-state index in [0.717, 1.165) is 10.0 Å². The largest absolute Gasteiger partial charge is 0.469 e. The summed E-state index contributed by atoms with van der Waals surface area (Å²) in [6.07, 6.45) is 1.49. The topological polar surface area (TPSA) is 68.3 Å². The van der Waals surface area contributed by atoms with Crippen LogP contribution in [-0.4, -0.2) is 5.91 Å². The fourth-order valence-corrected chi connectivity index (χ4v) is 2.15. The van der Waals surface area contributed by atoms with Crippen molar-refractivity contribution in [2.75, 3.05) is 11.1 Å². The van der Waals surface area contributed by atoms with Gasteiger partial charge in [-0.3, -0.25) is 4.79 Å². The number of aryl methyl sites for hydroxylation is 2. The first kappa shape index (κ1) is 12.7. The summed E-state index contributed by atoms with van der Waals surface area (Å²) in [5, 5.41) is 2.80. The van der Waals surface area contributed by atoms with Gasteiger partial charge < -0.3 is 15.5 Å². The molecule has 0 unspecified atom stereocenters. The minimum absolute atomic E-state index is 0.217. The third-order valence-corrected chi connectivity index (χ3v) is 3.36. The van der Waals surface area contributed by atoms with Crippen LogP contribution in [0.4, 0.5) is 11.4 Å². The monoisotopic (exact) mass is 308 g/mol. The van der Waals surface area contributed by atoms with Gasteiger partial charge in [0.25, 0.3) is 5.91 Å². The van der Waals surface area contributed by atoms with Crippen molar-refractivity contribution in [3.05, 3.63) is 45.8 Å². The Morgan fingerprint density at radius 1 is 1.39 bits per heavy atom. The van der Waals surface area contributed by atoms with Crippen molar-refractivity contribution in [2.45, 2.75) is 13.8 Å². The number of furan rings is 1. The molecule has 94 valence electrons. The molecule has 1 amide bonds. The second kappa shape index (κ2) is 4.86. The summed E-state index contributed by atoms with van der Waals surface area (Å²) in [6.45, 7) is 3.65. The smallest absolute Gasteiger partial charge is 0.259 e. The lowest BCUT2D eigenvalue weighted by Crippen LogP contribution is -2.13. The summed E-state index contributed by atoms with van der Waals surface area (Å²) >= 11 is 3.40. The van der Waals surface area contributed by atoms with Crippen molar-refractivity contribution >= 4 is 33.2 Å². The van der Waals surface area contributed by atoms with Crippen LogP contribution in [0.1, 0.15) is 21.7 Å². The number of rotatable bonds is 2. The Hall–Kier alpha value is -1.75. The van der Waals surface area contributed by atoms with E-state index in [2.05, 4.69) is 21.2 Å². The molecule has 2 rings (SSSR count). The van der Waals surface area contributed by atoms with Crippen molar-refractivity contribution in [2.24, 2.45) is 0 Å². The van der Waals surface area contributed by atoms with E-state index < -0.39 is 0 Å². The SMILES string of the molecule is Cc1cc(Br)c(NC(=O)c2ccoc2C)cc1N. The number of nitrogens with one attached hydrogen (secondary N) is 1. The molecule has 0 aliphatic rings. The van der Waals surface area contributed by atoms with Crippen LogP contribution in [0.2, 0.25) is 0 Å². The predicted octanol–water partition coefficient (Wildman–Crippen LogP) is 3.49. The van der Waals surface area contributed by atoms with Crippen molar-refractivity contribution in [1.29, 1.82) is 0 Å². The molecule has 0 atom stereocenters. The standard InChI is InChI=1S/C13H13BrN2O2/c1-7-5-10(14)12(6-11(7)15)16-13(17)9-3-4-18-8(9)2/h3-6H,15H2,1-2H3,(H,16,17). The van der Waals surface area contributed by atoms with Crippen LogP contribution in [0.25, 0.3) is 0 Å². The first-order valence-corrected chi connectivity index (χ1v) is 6.19. The van der Waals surface area contributed by atoms with E-state index in [4.69, 9.17) is 10.2 Å². The average Bonchev–Trinajstić information content (AvgIpc) is 2.72. The number of benzene rings is 1. The van der Waals surface area contributed by atoms with E-state index in [9.17, 15) is 4.79 Å². The Kier molecular flexibility index (Phi) is 3.43. The van der Waals surface area contributed by atoms with E-state index >= 15 is 0 Å². The van der Waals surface area contributed by atoms with Crippen molar-refractivity contribution < 1.29 is 9.21 Å². The molecule has 4 nitrogen and oxygen atoms in total. The number of carbonyl (C=O) groups is 1. The van der Waals surface area contributed by atoms with Gasteiger partial charge in [0.15, 0.2) is 0 Å². The minimum Gasteiger partial charge on any atom is -0.469 e.